The van der Waals surface area contributed by atoms with Crippen molar-refractivity contribution in [2.75, 3.05) is 5.32 Å². The fourth-order valence-corrected chi connectivity index (χ4v) is 1.84. The summed E-state index contributed by atoms with van der Waals surface area (Å²) in [6.45, 7) is 1.96. The van der Waals surface area contributed by atoms with Crippen LogP contribution in [0.15, 0.2) is 29.3 Å². The van der Waals surface area contributed by atoms with Crippen LogP contribution in [0, 0.1) is 6.92 Å². The number of nitrogens with zero attached hydrogens (tertiary/aromatic N) is 3. The molecular weight excluding hydrogens is 226 g/mol. The second-order valence-corrected chi connectivity index (χ2v) is 4.52. The fourth-order valence-electron chi connectivity index (χ4n) is 1.84. The Hall–Kier alpha value is -2.17. The number of nitrogens with one attached hydrogen (secondary N) is 1. The lowest BCUT2D eigenvalue weighted by Gasteiger charge is -2.07. The van der Waals surface area contributed by atoms with E-state index in [9.17, 15) is 0 Å². The number of aryl methyl sites for hydroxylation is 1. The van der Waals surface area contributed by atoms with E-state index in [2.05, 4.69) is 20.3 Å². The zero-order valence-electron chi connectivity index (χ0n) is 10.2. The van der Waals surface area contributed by atoms with Crippen LogP contribution >= 0.6 is 0 Å². The molecule has 0 bridgehead atoms. The predicted octanol–water partition coefficient (Wildman–Crippen LogP) is 1.83. The van der Waals surface area contributed by atoms with Crippen LogP contribution in [0.2, 0.25) is 0 Å². The Labute approximate surface area is 105 Å². The summed E-state index contributed by atoms with van der Waals surface area (Å²) in [6.07, 6.45) is 2.25. The van der Waals surface area contributed by atoms with Crippen molar-refractivity contribution in [2.24, 2.45) is 10.7 Å². The number of para-hydroxylation sites is 1. The number of hydrogen-bond donors (Lipinski definition) is 2. The third kappa shape index (κ3) is 2.25. The summed E-state index contributed by atoms with van der Waals surface area (Å²) >= 11 is 0. The molecule has 1 aliphatic rings. The smallest absolute Gasteiger partial charge is 0.230 e. The van der Waals surface area contributed by atoms with Gasteiger partial charge in [0.1, 0.15) is 0 Å². The van der Waals surface area contributed by atoms with Gasteiger partial charge in [-0.2, -0.15) is 0 Å². The van der Waals surface area contributed by atoms with E-state index in [4.69, 9.17) is 5.73 Å². The normalized spacial score (nSPS) is 15.9. The Kier molecular flexibility index (Phi) is 2.59. The van der Waals surface area contributed by atoms with Gasteiger partial charge in [0, 0.05) is 5.39 Å². The summed E-state index contributed by atoms with van der Waals surface area (Å²) in [6, 6.07) is 8.30. The molecule has 0 radical (unpaired) electrons. The Bertz CT molecular complexity index is 616. The highest BCUT2D eigenvalue weighted by Crippen LogP contribution is 2.23. The Morgan fingerprint density at radius 3 is 2.89 bits per heavy atom. The molecule has 3 rings (SSSR count). The Balaban J connectivity index is 1.92. The monoisotopic (exact) mass is 241 g/mol. The van der Waals surface area contributed by atoms with Crippen LogP contribution in [0.5, 0.6) is 0 Å². The first kappa shape index (κ1) is 11.0. The number of nitrogens with two attached hydrogens (primary N) is 1. The van der Waals surface area contributed by atoms with Gasteiger partial charge in [0.25, 0.3) is 0 Å². The van der Waals surface area contributed by atoms with Gasteiger partial charge in [-0.1, -0.05) is 18.2 Å². The van der Waals surface area contributed by atoms with Gasteiger partial charge in [-0.15, -0.1) is 0 Å². The molecule has 1 aromatic carbocycles. The molecule has 5 heteroatoms. The predicted molar refractivity (Wildman–Crippen MR) is 72.5 cm³/mol. The zero-order valence-corrected chi connectivity index (χ0v) is 10.2. The van der Waals surface area contributed by atoms with E-state index in [1.54, 1.807) is 0 Å². The van der Waals surface area contributed by atoms with Gasteiger partial charge in [-0.3, -0.25) is 5.32 Å². The van der Waals surface area contributed by atoms with E-state index >= 15 is 0 Å². The van der Waals surface area contributed by atoms with Gasteiger partial charge >= 0.3 is 0 Å². The highest BCUT2D eigenvalue weighted by Gasteiger charge is 2.20. The molecule has 0 spiro atoms. The highest BCUT2D eigenvalue weighted by atomic mass is 15.2. The minimum Gasteiger partial charge on any atom is -0.370 e. The molecule has 2 aromatic rings. The van der Waals surface area contributed by atoms with Crippen LogP contribution in [-0.4, -0.2) is 22.0 Å². The van der Waals surface area contributed by atoms with Crippen LogP contribution in [0.3, 0.4) is 0 Å². The number of rotatable bonds is 2. The standard InChI is InChI=1S/C13H15N5/c1-8-10-4-2-3-5-11(10)17-13(15-8)18-12(14)16-9-6-7-9/h2-5,9H,6-7H2,1H3,(H3,14,15,16,17,18). The topological polar surface area (TPSA) is 76.2 Å². The average Bonchev–Trinajstić information content (AvgIpc) is 3.13. The molecule has 5 nitrogen and oxygen atoms in total. The molecule has 0 unspecified atom stereocenters. The maximum absolute atomic E-state index is 5.80. The Morgan fingerprint density at radius 2 is 2.11 bits per heavy atom. The van der Waals surface area contributed by atoms with Crippen molar-refractivity contribution in [1.82, 2.24) is 9.97 Å². The molecule has 92 valence electrons. The number of hydrogen-bond acceptors (Lipinski definition) is 3. The van der Waals surface area contributed by atoms with Crippen molar-refractivity contribution >= 4 is 22.8 Å². The van der Waals surface area contributed by atoms with Gasteiger partial charge in [-0.25, -0.2) is 15.0 Å². The molecule has 1 heterocycles. The van der Waals surface area contributed by atoms with Gasteiger partial charge in [-0.05, 0) is 25.8 Å². The molecule has 1 saturated carbocycles. The van der Waals surface area contributed by atoms with E-state index in [0.29, 0.717) is 17.9 Å². The van der Waals surface area contributed by atoms with Gasteiger partial charge in [0.05, 0.1) is 17.3 Å². The SMILES string of the molecule is Cc1nc(NC(N)=NC2CC2)nc2ccccc12. The molecule has 1 aromatic heterocycles. The third-order valence-electron chi connectivity index (χ3n) is 2.90. The van der Waals surface area contributed by atoms with Crippen molar-refractivity contribution in [1.29, 1.82) is 0 Å². The quantitative estimate of drug-likeness (QED) is 0.621. The second-order valence-electron chi connectivity index (χ2n) is 4.52. The number of anilines is 1. The van der Waals surface area contributed by atoms with Crippen molar-refractivity contribution in [3.05, 3.63) is 30.0 Å². The van der Waals surface area contributed by atoms with Gasteiger partial charge in [0.2, 0.25) is 5.95 Å². The molecule has 18 heavy (non-hydrogen) atoms. The summed E-state index contributed by atoms with van der Waals surface area (Å²) in [7, 11) is 0. The lowest BCUT2D eigenvalue weighted by atomic mass is 10.2. The summed E-state index contributed by atoms with van der Waals surface area (Å²) < 4.78 is 0. The molecule has 0 aliphatic heterocycles. The maximum atomic E-state index is 5.80. The van der Waals surface area contributed by atoms with E-state index < -0.39 is 0 Å². The molecule has 0 atom stereocenters. The molecule has 1 fully saturated rings. The molecule has 1 aliphatic carbocycles. The van der Waals surface area contributed by atoms with E-state index in [-0.39, 0.29) is 0 Å². The van der Waals surface area contributed by atoms with Crippen molar-refractivity contribution in [3.63, 3.8) is 0 Å². The summed E-state index contributed by atoms with van der Waals surface area (Å²) in [5, 5.41) is 4.01. The lowest BCUT2D eigenvalue weighted by Crippen LogP contribution is -2.24. The summed E-state index contributed by atoms with van der Waals surface area (Å²) in [5.41, 5.74) is 7.64. The van der Waals surface area contributed by atoms with Crippen LogP contribution in [0.1, 0.15) is 18.5 Å². The first-order valence-electron chi connectivity index (χ1n) is 6.06. The summed E-state index contributed by atoms with van der Waals surface area (Å²) in [5.74, 6) is 0.903. The number of aromatic nitrogens is 2. The second kappa shape index (κ2) is 4.25. The van der Waals surface area contributed by atoms with Crippen LogP contribution in [0.4, 0.5) is 5.95 Å². The Morgan fingerprint density at radius 1 is 1.33 bits per heavy atom. The molecule has 0 saturated heterocycles. The van der Waals surface area contributed by atoms with Crippen molar-refractivity contribution in [2.45, 2.75) is 25.8 Å². The first-order chi connectivity index (χ1) is 8.72. The van der Waals surface area contributed by atoms with Crippen molar-refractivity contribution in [3.8, 4) is 0 Å². The van der Waals surface area contributed by atoms with Crippen LogP contribution in [0.25, 0.3) is 10.9 Å². The van der Waals surface area contributed by atoms with E-state index in [1.165, 1.54) is 0 Å². The number of fused-ring (bicyclic) bond motifs is 1. The first-order valence-corrected chi connectivity index (χ1v) is 6.06. The largest absolute Gasteiger partial charge is 0.370 e. The van der Waals surface area contributed by atoms with Crippen LogP contribution < -0.4 is 11.1 Å². The lowest BCUT2D eigenvalue weighted by molar-refractivity contribution is 1.05. The zero-order chi connectivity index (χ0) is 12.5. The third-order valence-corrected chi connectivity index (χ3v) is 2.90. The van der Waals surface area contributed by atoms with Crippen molar-refractivity contribution < 1.29 is 0 Å². The molecular formula is C13H15N5. The molecule has 3 N–H and O–H groups in total. The van der Waals surface area contributed by atoms with Gasteiger partial charge < -0.3 is 5.73 Å². The van der Waals surface area contributed by atoms with Gasteiger partial charge in [0.15, 0.2) is 5.96 Å². The number of guanidine groups is 1. The fraction of sp³-hybridized carbons (Fsp3) is 0.308. The maximum Gasteiger partial charge on any atom is 0.230 e. The van der Waals surface area contributed by atoms with E-state index in [1.807, 2.05) is 31.2 Å². The average molecular weight is 241 g/mol. The summed E-state index contributed by atoms with van der Waals surface area (Å²) in [4.78, 5) is 13.1. The van der Waals surface area contributed by atoms with Crippen LogP contribution in [-0.2, 0) is 0 Å². The minimum atomic E-state index is 0.388. The van der Waals surface area contributed by atoms with E-state index in [0.717, 1.165) is 29.4 Å². The minimum absolute atomic E-state index is 0.388. The number of aliphatic imine (C=N–C) groups is 1. The highest BCUT2D eigenvalue weighted by molar-refractivity contribution is 5.92. The molecule has 0 amide bonds. The number of benzene rings is 1.